The smallest absolute Gasteiger partial charge is 0.318 e. The monoisotopic (exact) mass is 402 g/mol. The molecule has 3 aromatic rings. The van der Waals surface area contributed by atoms with Crippen LogP contribution in [0.2, 0.25) is 0 Å². The molecular weight excluding hydrogens is 370 g/mol. The van der Waals surface area contributed by atoms with Crippen molar-refractivity contribution in [1.29, 1.82) is 0 Å². The van der Waals surface area contributed by atoms with Gasteiger partial charge in [0.15, 0.2) is 0 Å². The average molecular weight is 403 g/mol. The highest BCUT2D eigenvalue weighted by molar-refractivity contribution is 5.82. The van der Waals surface area contributed by atoms with Crippen molar-refractivity contribution >= 4 is 5.97 Å². The van der Waals surface area contributed by atoms with E-state index in [9.17, 15) is 4.79 Å². The molecule has 3 nitrogen and oxygen atoms in total. The second-order valence-electron chi connectivity index (χ2n) is 7.92. The zero-order valence-electron chi connectivity index (χ0n) is 18.2. The summed E-state index contributed by atoms with van der Waals surface area (Å²) in [5.41, 5.74) is 3.11. The molecule has 1 unspecified atom stereocenters. The largest absolute Gasteiger partial charge is 0.458 e. The van der Waals surface area contributed by atoms with Crippen LogP contribution in [0, 0.1) is 0 Å². The minimum Gasteiger partial charge on any atom is -0.458 e. The highest BCUT2D eigenvalue weighted by Crippen LogP contribution is 2.30. The lowest BCUT2D eigenvalue weighted by molar-refractivity contribution is -0.936. The van der Waals surface area contributed by atoms with E-state index in [0.717, 1.165) is 28.7 Å². The summed E-state index contributed by atoms with van der Waals surface area (Å²) >= 11 is 0. The Hall–Kier alpha value is -2.91. The highest BCUT2D eigenvalue weighted by atomic mass is 16.5. The fourth-order valence-electron chi connectivity index (χ4n) is 3.98. The maximum Gasteiger partial charge on any atom is 0.318 e. The molecule has 0 fully saturated rings. The molecule has 0 bridgehead atoms. The van der Waals surface area contributed by atoms with E-state index >= 15 is 0 Å². The summed E-state index contributed by atoms with van der Waals surface area (Å²) in [5, 5.41) is 0. The zero-order chi connectivity index (χ0) is 21.4. The molecule has 3 heteroatoms. The lowest BCUT2D eigenvalue weighted by atomic mass is 9.91. The zero-order valence-corrected chi connectivity index (χ0v) is 18.2. The minimum atomic E-state index is -0.425. The van der Waals surface area contributed by atoms with E-state index < -0.39 is 5.92 Å². The number of ether oxygens (including phenoxy) is 1. The number of benzene rings is 3. The van der Waals surface area contributed by atoms with Crippen LogP contribution < -0.4 is 0 Å². The van der Waals surface area contributed by atoms with E-state index in [1.54, 1.807) is 0 Å². The molecule has 0 aliphatic heterocycles. The van der Waals surface area contributed by atoms with Crippen LogP contribution in [0.25, 0.3) is 0 Å². The van der Waals surface area contributed by atoms with Crippen LogP contribution in [-0.4, -0.2) is 37.2 Å². The summed E-state index contributed by atoms with van der Waals surface area (Å²) in [6.07, 6.45) is 0. The molecule has 0 heterocycles. The third-order valence-corrected chi connectivity index (χ3v) is 6.27. The van der Waals surface area contributed by atoms with Crippen molar-refractivity contribution in [3.8, 4) is 0 Å². The number of carbonyl (C=O) groups excluding carboxylic acids is 1. The third-order valence-electron chi connectivity index (χ3n) is 6.27. The summed E-state index contributed by atoms with van der Waals surface area (Å²) in [6, 6.07) is 30.2. The fourth-order valence-corrected chi connectivity index (χ4v) is 3.98. The van der Waals surface area contributed by atoms with Crippen LogP contribution in [0.3, 0.4) is 0 Å². The van der Waals surface area contributed by atoms with Crippen LogP contribution in [-0.2, 0) is 9.53 Å². The van der Waals surface area contributed by atoms with Crippen molar-refractivity contribution in [2.24, 2.45) is 0 Å². The number of esters is 1. The van der Waals surface area contributed by atoms with E-state index in [1.165, 1.54) is 5.56 Å². The number of quaternary nitrogens is 1. The van der Waals surface area contributed by atoms with Crippen molar-refractivity contribution in [3.63, 3.8) is 0 Å². The number of nitrogens with zero attached hydrogens (tertiary/aromatic N) is 1. The van der Waals surface area contributed by atoms with Gasteiger partial charge in [0.05, 0.1) is 20.1 Å². The van der Waals surface area contributed by atoms with Crippen LogP contribution in [0.4, 0.5) is 0 Å². The van der Waals surface area contributed by atoms with E-state index in [-0.39, 0.29) is 12.0 Å². The van der Waals surface area contributed by atoms with Gasteiger partial charge in [0, 0.05) is 5.56 Å². The van der Waals surface area contributed by atoms with Crippen LogP contribution >= 0.6 is 0 Å². The van der Waals surface area contributed by atoms with Gasteiger partial charge >= 0.3 is 5.97 Å². The Morgan fingerprint density at radius 1 is 0.733 bits per heavy atom. The van der Waals surface area contributed by atoms with E-state index in [1.807, 2.05) is 66.7 Å². The van der Waals surface area contributed by atoms with Gasteiger partial charge in [-0.25, -0.2) is 0 Å². The SMILES string of the molecule is CC[N+](C)(CC)C(COC(=O)C(c1ccccc1)c1ccccc1)c1ccccc1. The molecule has 0 aliphatic carbocycles. The topological polar surface area (TPSA) is 26.3 Å². The van der Waals surface area contributed by atoms with Crippen LogP contribution in [0.15, 0.2) is 91.0 Å². The van der Waals surface area contributed by atoms with Gasteiger partial charge in [-0.3, -0.25) is 4.79 Å². The van der Waals surface area contributed by atoms with Crippen molar-refractivity contribution in [3.05, 3.63) is 108 Å². The predicted octanol–water partition coefficient (Wildman–Crippen LogP) is 5.59. The summed E-state index contributed by atoms with van der Waals surface area (Å²) in [7, 11) is 2.23. The summed E-state index contributed by atoms with van der Waals surface area (Å²) in [6.45, 7) is 6.68. The molecule has 0 saturated carbocycles. The number of hydrogen-bond donors (Lipinski definition) is 0. The molecule has 30 heavy (non-hydrogen) atoms. The Balaban J connectivity index is 1.87. The van der Waals surface area contributed by atoms with Gasteiger partial charge in [0.25, 0.3) is 0 Å². The van der Waals surface area contributed by atoms with Crippen LogP contribution in [0.1, 0.15) is 42.5 Å². The van der Waals surface area contributed by atoms with Crippen molar-refractivity contribution in [2.45, 2.75) is 25.8 Å². The number of rotatable bonds is 9. The molecule has 156 valence electrons. The molecule has 0 amide bonds. The normalized spacial score (nSPS) is 12.5. The predicted molar refractivity (Wildman–Crippen MR) is 122 cm³/mol. The number of carbonyl (C=O) groups is 1. The van der Waals surface area contributed by atoms with E-state index in [4.69, 9.17) is 4.74 Å². The maximum absolute atomic E-state index is 13.4. The Kier molecular flexibility index (Phi) is 7.42. The molecule has 3 aromatic carbocycles. The average Bonchev–Trinajstić information content (AvgIpc) is 2.81. The van der Waals surface area contributed by atoms with Gasteiger partial charge in [-0.2, -0.15) is 0 Å². The van der Waals surface area contributed by atoms with E-state index in [0.29, 0.717) is 6.61 Å². The van der Waals surface area contributed by atoms with Crippen LogP contribution in [0.5, 0.6) is 0 Å². The number of hydrogen-bond acceptors (Lipinski definition) is 2. The Bertz CT molecular complexity index is 866. The quantitative estimate of drug-likeness (QED) is 0.344. The summed E-state index contributed by atoms with van der Waals surface area (Å²) in [4.78, 5) is 13.4. The maximum atomic E-state index is 13.4. The highest BCUT2D eigenvalue weighted by Gasteiger charge is 2.33. The van der Waals surface area contributed by atoms with Crippen molar-refractivity contribution in [2.75, 3.05) is 26.7 Å². The first kappa shape index (κ1) is 21.8. The van der Waals surface area contributed by atoms with Gasteiger partial charge in [-0.05, 0) is 25.0 Å². The molecule has 0 aliphatic rings. The summed E-state index contributed by atoms with van der Waals surface area (Å²) < 4.78 is 6.84. The first-order valence-corrected chi connectivity index (χ1v) is 10.7. The Morgan fingerprint density at radius 2 is 1.13 bits per heavy atom. The minimum absolute atomic E-state index is 0.0948. The molecule has 0 N–H and O–H groups in total. The Labute approximate surface area is 180 Å². The molecule has 0 saturated heterocycles. The molecule has 0 aromatic heterocycles. The first-order chi connectivity index (χ1) is 14.6. The molecule has 0 radical (unpaired) electrons. The van der Waals surface area contributed by atoms with Crippen molar-refractivity contribution < 1.29 is 14.0 Å². The fraction of sp³-hybridized carbons (Fsp3) is 0.296. The van der Waals surface area contributed by atoms with Gasteiger partial charge in [0.2, 0.25) is 0 Å². The van der Waals surface area contributed by atoms with Gasteiger partial charge in [-0.1, -0.05) is 91.0 Å². The summed E-state index contributed by atoms with van der Waals surface area (Å²) in [5.74, 6) is -0.627. The van der Waals surface area contributed by atoms with Crippen molar-refractivity contribution in [1.82, 2.24) is 0 Å². The lowest BCUT2D eigenvalue weighted by Crippen LogP contribution is -2.48. The molecule has 3 rings (SSSR count). The lowest BCUT2D eigenvalue weighted by Gasteiger charge is -2.40. The standard InChI is InChI=1S/C27H32NO2/c1-4-28(3,5-2)25(22-15-9-6-10-16-22)21-30-27(29)26(23-17-11-7-12-18-23)24-19-13-8-14-20-24/h6-20,25-26H,4-5,21H2,1-3H3/q+1. The molecule has 1 atom stereocenters. The van der Waals surface area contributed by atoms with Gasteiger partial charge in [0.1, 0.15) is 18.6 Å². The first-order valence-electron chi connectivity index (χ1n) is 10.7. The van der Waals surface area contributed by atoms with Gasteiger partial charge < -0.3 is 9.22 Å². The third kappa shape index (κ3) is 4.98. The van der Waals surface area contributed by atoms with E-state index in [2.05, 4.69) is 45.2 Å². The number of likely N-dealkylation sites (N-methyl/N-ethyl adjacent to an activating group) is 1. The second-order valence-corrected chi connectivity index (χ2v) is 7.92. The molecular formula is C27H32NO2+. The Morgan fingerprint density at radius 3 is 1.53 bits per heavy atom. The second kappa shape index (κ2) is 10.2. The molecule has 0 spiro atoms. The van der Waals surface area contributed by atoms with Gasteiger partial charge in [-0.15, -0.1) is 0 Å².